The molecule has 1 N–H and O–H groups in total. The number of fused-ring (bicyclic) bond motifs is 2. The first kappa shape index (κ1) is 12.9. The van der Waals surface area contributed by atoms with E-state index in [1.807, 2.05) is 0 Å². The van der Waals surface area contributed by atoms with Crippen LogP contribution in [-0.2, 0) is 4.74 Å². The van der Waals surface area contributed by atoms with Crippen LogP contribution >= 0.6 is 0 Å². The van der Waals surface area contributed by atoms with Crippen molar-refractivity contribution in [2.45, 2.75) is 57.7 Å². The third kappa shape index (κ3) is 2.59. The van der Waals surface area contributed by atoms with Gasteiger partial charge in [-0.3, -0.25) is 4.90 Å². The molecule has 3 rings (SSSR count). The molecule has 2 heterocycles. The first-order valence-electron chi connectivity index (χ1n) is 7.68. The molecule has 0 spiro atoms. The lowest BCUT2D eigenvalue weighted by molar-refractivity contribution is -0.0646. The molecule has 4 atom stereocenters. The largest absolute Gasteiger partial charge is 0.396 e. The van der Waals surface area contributed by atoms with Gasteiger partial charge < -0.3 is 9.84 Å². The number of hydrogen-bond acceptors (Lipinski definition) is 3. The van der Waals surface area contributed by atoms with Crippen LogP contribution in [0.4, 0.5) is 0 Å². The van der Waals surface area contributed by atoms with Crippen LogP contribution in [0.3, 0.4) is 0 Å². The molecule has 3 heteroatoms. The summed E-state index contributed by atoms with van der Waals surface area (Å²) in [5.74, 6) is 0.781. The molecule has 0 aromatic carbocycles. The van der Waals surface area contributed by atoms with Crippen LogP contribution < -0.4 is 0 Å². The van der Waals surface area contributed by atoms with E-state index in [9.17, 15) is 5.11 Å². The summed E-state index contributed by atoms with van der Waals surface area (Å²) in [5.41, 5.74) is 0.175. The van der Waals surface area contributed by atoms with Gasteiger partial charge in [-0.2, -0.15) is 0 Å². The minimum atomic E-state index is 0.175. The van der Waals surface area contributed by atoms with Crippen molar-refractivity contribution in [1.82, 2.24) is 4.90 Å². The number of aliphatic hydroxyl groups is 1. The quantitative estimate of drug-likeness (QED) is 0.835. The topological polar surface area (TPSA) is 32.7 Å². The highest BCUT2D eigenvalue weighted by Gasteiger charge is 2.40. The maximum Gasteiger partial charge on any atom is 0.0707 e. The second-order valence-corrected chi connectivity index (χ2v) is 7.01. The Morgan fingerprint density at radius 1 is 1.22 bits per heavy atom. The normalized spacial score (nSPS) is 45.3. The Morgan fingerprint density at radius 3 is 2.56 bits per heavy atom. The van der Waals surface area contributed by atoms with Gasteiger partial charge in [-0.25, -0.2) is 0 Å². The van der Waals surface area contributed by atoms with E-state index in [0.29, 0.717) is 18.8 Å². The maximum absolute atomic E-state index is 9.88. The van der Waals surface area contributed by atoms with E-state index in [4.69, 9.17) is 4.74 Å². The summed E-state index contributed by atoms with van der Waals surface area (Å²) in [6, 6.07) is 0. The molecule has 0 aromatic rings. The van der Waals surface area contributed by atoms with Crippen LogP contribution in [0.5, 0.6) is 0 Å². The fourth-order valence-corrected chi connectivity index (χ4v) is 4.41. The van der Waals surface area contributed by atoms with Gasteiger partial charge in [-0.05, 0) is 31.6 Å². The molecular weight excluding hydrogens is 226 g/mol. The number of likely N-dealkylation sites (tertiary alicyclic amines) is 1. The summed E-state index contributed by atoms with van der Waals surface area (Å²) in [6.45, 7) is 5.97. The molecule has 3 nitrogen and oxygen atoms in total. The second kappa shape index (κ2) is 5.10. The fourth-order valence-electron chi connectivity index (χ4n) is 4.41. The lowest BCUT2D eigenvalue weighted by atomic mass is 9.70. The molecule has 3 fully saturated rings. The molecular formula is C15H27NO2. The van der Waals surface area contributed by atoms with Gasteiger partial charge >= 0.3 is 0 Å². The van der Waals surface area contributed by atoms with Crippen molar-refractivity contribution in [2.75, 3.05) is 26.2 Å². The molecule has 0 radical (unpaired) electrons. The summed E-state index contributed by atoms with van der Waals surface area (Å²) in [6.07, 6.45) is 8.47. The van der Waals surface area contributed by atoms with Crippen LogP contribution in [0, 0.1) is 11.3 Å². The average Bonchev–Trinajstić information content (AvgIpc) is 2.69. The van der Waals surface area contributed by atoms with Crippen LogP contribution in [0.25, 0.3) is 0 Å². The molecule has 2 bridgehead atoms. The predicted molar refractivity (Wildman–Crippen MR) is 71.5 cm³/mol. The Hall–Kier alpha value is -0.120. The van der Waals surface area contributed by atoms with Crippen molar-refractivity contribution in [3.8, 4) is 0 Å². The first-order valence-corrected chi connectivity index (χ1v) is 7.68. The van der Waals surface area contributed by atoms with E-state index in [-0.39, 0.29) is 5.41 Å². The SMILES string of the molecule is CC1CCCC(CO)(CN2CC3CCC(C2)O3)C1. The molecule has 3 aliphatic rings. The van der Waals surface area contributed by atoms with Gasteiger partial charge in [-0.15, -0.1) is 0 Å². The minimum absolute atomic E-state index is 0.175. The zero-order chi connectivity index (χ0) is 12.6. The highest BCUT2D eigenvalue weighted by atomic mass is 16.5. The van der Waals surface area contributed by atoms with Crippen molar-refractivity contribution in [3.05, 3.63) is 0 Å². The smallest absolute Gasteiger partial charge is 0.0707 e. The van der Waals surface area contributed by atoms with Gasteiger partial charge in [0.25, 0.3) is 0 Å². The Morgan fingerprint density at radius 2 is 1.94 bits per heavy atom. The van der Waals surface area contributed by atoms with E-state index < -0.39 is 0 Å². The number of aliphatic hydroxyl groups excluding tert-OH is 1. The van der Waals surface area contributed by atoms with Gasteiger partial charge in [0, 0.05) is 31.7 Å². The van der Waals surface area contributed by atoms with Crippen molar-refractivity contribution < 1.29 is 9.84 Å². The second-order valence-electron chi connectivity index (χ2n) is 7.01. The Balaban J connectivity index is 1.62. The molecule has 2 saturated heterocycles. The number of rotatable bonds is 3. The van der Waals surface area contributed by atoms with E-state index in [1.165, 1.54) is 38.5 Å². The molecule has 0 aromatic heterocycles. The molecule has 0 amide bonds. The lowest BCUT2D eigenvalue weighted by Crippen LogP contribution is -2.49. The molecule has 18 heavy (non-hydrogen) atoms. The van der Waals surface area contributed by atoms with Crippen molar-refractivity contribution >= 4 is 0 Å². The van der Waals surface area contributed by atoms with E-state index in [1.54, 1.807) is 0 Å². The van der Waals surface area contributed by atoms with Crippen molar-refractivity contribution in [2.24, 2.45) is 11.3 Å². The number of hydrogen-bond donors (Lipinski definition) is 1. The Kier molecular flexibility index (Phi) is 3.65. The van der Waals surface area contributed by atoms with E-state index >= 15 is 0 Å². The fraction of sp³-hybridized carbons (Fsp3) is 1.00. The number of ether oxygens (including phenoxy) is 1. The Bertz CT molecular complexity index is 284. The van der Waals surface area contributed by atoms with Crippen LogP contribution in [0.15, 0.2) is 0 Å². The highest BCUT2D eigenvalue weighted by Crippen LogP contribution is 2.40. The van der Waals surface area contributed by atoms with Gasteiger partial charge in [0.15, 0.2) is 0 Å². The molecule has 104 valence electrons. The van der Waals surface area contributed by atoms with Crippen LogP contribution in [0.1, 0.15) is 45.4 Å². The van der Waals surface area contributed by atoms with Gasteiger partial charge in [0.2, 0.25) is 0 Å². The van der Waals surface area contributed by atoms with E-state index in [2.05, 4.69) is 11.8 Å². The third-order valence-electron chi connectivity index (χ3n) is 5.20. The first-order chi connectivity index (χ1) is 8.69. The van der Waals surface area contributed by atoms with Gasteiger partial charge in [0.1, 0.15) is 0 Å². The summed E-state index contributed by atoms with van der Waals surface area (Å²) in [4.78, 5) is 2.57. The average molecular weight is 253 g/mol. The van der Waals surface area contributed by atoms with Crippen molar-refractivity contribution in [3.63, 3.8) is 0 Å². The summed E-state index contributed by atoms with van der Waals surface area (Å²) >= 11 is 0. The predicted octanol–water partition coefficient (Wildman–Crippen LogP) is 2.04. The maximum atomic E-state index is 9.88. The number of nitrogens with zero attached hydrogens (tertiary/aromatic N) is 1. The van der Waals surface area contributed by atoms with Gasteiger partial charge in [-0.1, -0.05) is 19.8 Å². The lowest BCUT2D eigenvalue weighted by Gasteiger charge is -2.44. The highest BCUT2D eigenvalue weighted by molar-refractivity contribution is 4.92. The van der Waals surface area contributed by atoms with E-state index in [0.717, 1.165) is 25.6 Å². The molecule has 4 unspecified atom stereocenters. The zero-order valence-electron chi connectivity index (χ0n) is 11.6. The number of morpholine rings is 1. The zero-order valence-corrected chi connectivity index (χ0v) is 11.6. The summed E-state index contributed by atoms with van der Waals surface area (Å²) in [5, 5.41) is 9.88. The molecule has 1 saturated carbocycles. The standard InChI is InChI=1S/C15H27NO2/c1-12-3-2-6-15(7-12,11-17)10-16-8-13-4-5-14(9-16)18-13/h12-14,17H,2-11H2,1H3. The minimum Gasteiger partial charge on any atom is -0.396 e. The van der Waals surface area contributed by atoms with Crippen LogP contribution in [0.2, 0.25) is 0 Å². The van der Waals surface area contributed by atoms with Crippen molar-refractivity contribution in [1.29, 1.82) is 0 Å². The van der Waals surface area contributed by atoms with Gasteiger partial charge in [0.05, 0.1) is 12.2 Å². The Labute approximate surface area is 110 Å². The monoisotopic (exact) mass is 253 g/mol. The third-order valence-corrected chi connectivity index (χ3v) is 5.20. The van der Waals surface area contributed by atoms with Crippen LogP contribution in [-0.4, -0.2) is 48.5 Å². The molecule has 1 aliphatic carbocycles. The summed E-state index contributed by atoms with van der Waals surface area (Å²) in [7, 11) is 0. The molecule has 2 aliphatic heterocycles. The summed E-state index contributed by atoms with van der Waals surface area (Å²) < 4.78 is 5.90.